The summed E-state index contributed by atoms with van der Waals surface area (Å²) >= 11 is 0. The molecule has 1 atom stereocenters. The molecule has 0 amide bonds. The fourth-order valence-electron chi connectivity index (χ4n) is 3.07. The largest absolute Gasteiger partial charge is 0.377 e. The summed E-state index contributed by atoms with van der Waals surface area (Å²) in [4.78, 5) is 15.2. The number of sulfonamides is 1. The van der Waals surface area contributed by atoms with Crippen LogP contribution in [-0.2, 0) is 21.3 Å². The van der Waals surface area contributed by atoms with Gasteiger partial charge in [-0.05, 0) is 36.8 Å². The normalized spacial score (nSPS) is 18.5. The zero-order valence-corrected chi connectivity index (χ0v) is 14.7. The topological polar surface area (TPSA) is 79.5 Å². The Bertz CT molecular complexity index is 898. The van der Waals surface area contributed by atoms with Gasteiger partial charge in [-0.2, -0.15) is 4.31 Å². The molecule has 2 aromatic rings. The molecule has 0 radical (unpaired) electrons. The number of aryl methyl sites for hydroxylation is 1. The van der Waals surface area contributed by atoms with Crippen molar-refractivity contribution in [1.29, 1.82) is 0 Å². The molecule has 1 aromatic heterocycles. The summed E-state index contributed by atoms with van der Waals surface area (Å²) in [6, 6.07) is 7.53. The molecule has 1 aromatic carbocycles. The fraction of sp³-hybridized carbons (Fsp3) is 0.471. The molecule has 0 saturated carbocycles. The van der Waals surface area contributed by atoms with Gasteiger partial charge in [-0.3, -0.25) is 4.79 Å². The Morgan fingerprint density at radius 1 is 1.38 bits per heavy atom. The first-order chi connectivity index (χ1) is 11.3. The number of para-hydroxylation sites is 1. The average molecular weight is 350 g/mol. The Kier molecular flexibility index (Phi) is 4.76. The van der Waals surface area contributed by atoms with E-state index in [0.29, 0.717) is 12.2 Å². The summed E-state index contributed by atoms with van der Waals surface area (Å²) in [7, 11) is -3.43. The van der Waals surface area contributed by atoms with E-state index >= 15 is 0 Å². The maximum Gasteiger partial charge on any atom is 0.252 e. The van der Waals surface area contributed by atoms with Crippen LogP contribution in [-0.4, -0.2) is 43.2 Å². The summed E-state index contributed by atoms with van der Waals surface area (Å²) in [6.45, 7) is 2.93. The lowest BCUT2D eigenvalue weighted by molar-refractivity contribution is 0.0927. The van der Waals surface area contributed by atoms with E-state index in [4.69, 9.17) is 4.74 Å². The molecule has 130 valence electrons. The highest BCUT2D eigenvalue weighted by atomic mass is 32.2. The molecule has 24 heavy (non-hydrogen) atoms. The van der Waals surface area contributed by atoms with Crippen LogP contribution in [0.15, 0.2) is 29.1 Å². The minimum absolute atomic E-state index is 0.0535. The fourth-order valence-corrected chi connectivity index (χ4v) is 3.88. The van der Waals surface area contributed by atoms with Gasteiger partial charge in [-0.1, -0.05) is 18.2 Å². The summed E-state index contributed by atoms with van der Waals surface area (Å²) in [5.74, 6) is 0. The van der Waals surface area contributed by atoms with E-state index < -0.39 is 10.0 Å². The third-order valence-corrected chi connectivity index (χ3v) is 5.63. The molecule has 1 unspecified atom stereocenters. The Labute approximate surface area is 141 Å². The Balaban J connectivity index is 1.93. The molecule has 1 N–H and O–H groups in total. The number of fused-ring (bicyclic) bond motifs is 1. The van der Waals surface area contributed by atoms with Crippen molar-refractivity contribution in [3.05, 3.63) is 45.7 Å². The van der Waals surface area contributed by atoms with Gasteiger partial charge in [0.1, 0.15) is 0 Å². The predicted octanol–water partition coefficient (Wildman–Crippen LogP) is 1.78. The minimum Gasteiger partial charge on any atom is -0.377 e. The van der Waals surface area contributed by atoms with Crippen LogP contribution >= 0.6 is 0 Å². The highest BCUT2D eigenvalue weighted by molar-refractivity contribution is 7.88. The average Bonchev–Trinajstić information content (AvgIpc) is 3.00. The van der Waals surface area contributed by atoms with E-state index in [2.05, 4.69) is 4.98 Å². The first kappa shape index (κ1) is 17.1. The maximum absolute atomic E-state index is 12.4. The smallest absolute Gasteiger partial charge is 0.252 e. The molecular weight excluding hydrogens is 328 g/mol. The van der Waals surface area contributed by atoms with Crippen LogP contribution in [0.4, 0.5) is 0 Å². The Morgan fingerprint density at radius 2 is 2.17 bits per heavy atom. The molecule has 6 nitrogen and oxygen atoms in total. The molecule has 2 heterocycles. The first-order valence-electron chi connectivity index (χ1n) is 8.03. The lowest BCUT2D eigenvalue weighted by Gasteiger charge is -2.23. The number of rotatable bonds is 5. The lowest BCUT2D eigenvalue weighted by atomic mass is 10.1. The number of nitrogens with zero attached hydrogens (tertiary/aromatic N) is 1. The number of H-pyrrole nitrogens is 1. The quantitative estimate of drug-likeness (QED) is 0.891. The van der Waals surface area contributed by atoms with Gasteiger partial charge in [0.15, 0.2) is 0 Å². The lowest BCUT2D eigenvalue weighted by Crippen LogP contribution is -2.37. The molecule has 3 rings (SSSR count). The monoisotopic (exact) mass is 350 g/mol. The third-order valence-electron chi connectivity index (χ3n) is 4.41. The second-order valence-electron chi connectivity index (χ2n) is 6.35. The van der Waals surface area contributed by atoms with Crippen molar-refractivity contribution >= 4 is 20.9 Å². The second-order valence-corrected chi connectivity index (χ2v) is 8.34. The number of aromatic amines is 1. The molecule has 1 aliphatic rings. The van der Waals surface area contributed by atoms with E-state index in [1.54, 1.807) is 6.07 Å². The van der Waals surface area contributed by atoms with Crippen molar-refractivity contribution in [3.63, 3.8) is 0 Å². The predicted molar refractivity (Wildman–Crippen MR) is 93.5 cm³/mol. The van der Waals surface area contributed by atoms with E-state index in [-0.39, 0.29) is 24.8 Å². The van der Waals surface area contributed by atoms with Crippen molar-refractivity contribution in [2.24, 2.45) is 0 Å². The molecular formula is C17H22N2O4S. The zero-order valence-electron chi connectivity index (χ0n) is 13.9. The summed E-state index contributed by atoms with van der Waals surface area (Å²) < 4.78 is 31.1. The zero-order chi connectivity index (χ0) is 17.3. The SMILES string of the molecule is Cc1cccc2cc(CN(CC3CCCO3)S(C)(=O)=O)c(=O)[nH]c12. The molecule has 0 spiro atoms. The third kappa shape index (κ3) is 3.68. The van der Waals surface area contributed by atoms with E-state index in [1.165, 1.54) is 10.6 Å². The van der Waals surface area contributed by atoms with Gasteiger partial charge in [0, 0.05) is 25.3 Å². The molecule has 7 heteroatoms. The Hall–Kier alpha value is -1.70. The molecule has 0 aliphatic carbocycles. The van der Waals surface area contributed by atoms with Crippen molar-refractivity contribution < 1.29 is 13.2 Å². The Morgan fingerprint density at radius 3 is 2.83 bits per heavy atom. The van der Waals surface area contributed by atoms with Crippen molar-refractivity contribution in [1.82, 2.24) is 9.29 Å². The number of hydrogen-bond donors (Lipinski definition) is 1. The number of ether oxygens (including phenoxy) is 1. The van der Waals surface area contributed by atoms with Crippen molar-refractivity contribution in [2.75, 3.05) is 19.4 Å². The number of hydrogen-bond acceptors (Lipinski definition) is 4. The second kappa shape index (κ2) is 6.66. The summed E-state index contributed by atoms with van der Waals surface area (Å²) in [5.41, 5.74) is 1.96. The number of benzene rings is 1. The van der Waals surface area contributed by atoms with E-state index in [0.717, 1.165) is 29.3 Å². The first-order valence-corrected chi connectivity index (χ1v) is 9.87. The van der Waals surface area contributed by atoms with Crippen LogP contribution in [0.5, 0.6) is 0 Å². The van der Waals surface area contributed by atoms with Crippen LogP contribution in [0.1, 0.15) is 24.0 Å². The summed E-state index contributed by atoms with van der Waals surface area (Å²) in [5, 5.41) is 0.898. The number of aromatic nitrogens is 1. The van der Waals surface area contributed by atoms with Gasteiger partial charge < -0.3 is 9.72 Å². The maximum atomic E-state index is 12.4. The molecule has 1 aliphatic heterocycles. The van der Waals surface area contributed by atoms with Gasteiger partial charge in [-0.25, -0.2) is 8.42 Å². The van der Waals surface area contributed by atoms with Crippen LogP contribution in [0.2, 0.25) is 0 Å². The minimum atomic E-state index is -3.43. The number of pyridine rings is 1. The van der Waals surface area contributed by atoms with Gasteiger partial charge in [0.25, 0.3) is 5.56 Å². The molecule has 1 fully saturated rings. The van der Waals surface area contributed by atoms with Crippen LogP contribution < -0.4 is 5.56 Å². The van der Waals surface area contributed by atoms with Crippen molar-refractivity contribution in [2.45, 2.75) is 32.4 Å². The van der Waals surface area contributed by atoms with Crippen LogP contribution in [0.3, 0.4) is 0 Å². The molecule has 0 bridgehead atoms. The van der Waals surface area contributed by atoms with Gasteiger partial charge in [0.05, 0.1) is 17.9 Å². The van der Waals surface area contributed by atoms with Gasteiger partial charge >= 0.3 is 0 Å². The highest BCUT2D eigenvalue weighted by Crippen LogP contribution is 2.19. The van der Waals surface area contributed by atoms with Crippen LogP contribution in [0.25, 0.3) is 10.9 Å². The van der Waals surface area contributed by atoms with E-state index in [1.807, 2.05) is 25.1 Å². The highest BCUT2D eigenvalue weighted by Gasteiger charge is 2.25. The standard InChI is InChI=1S/C17H22N2O4S/c1-12-5-3-6-13-9-14(17(20)18-16(12)13)10-19(24(2,21)22)11-15-7-4-8-23-15/h3,5-6,9,15H,4,7-8,10-11H2,1-2H3,(H,18,20). The number of nitrogens with one attached hydrogen (secondary N) is 1. The molecule has 1 saturated heterocycles. The van der Waals surface area contributed by atoms with Crippen molar-refractivity contribution in [3.8, 4) is 0 Å². The summed E-state index contributed by atoms with van der Waals surface area (Å²) in [6.07, 6.45) is 2.86. The van der Waals surface area contributed by atoms with Crippen LogP contribution in [0, 0.1) is 6.92 Å². The van der Waals surface area contributed by atoms with Gasteiger partial charge in [-0.15, -0.1) is 0 Å². The van der Waals surface area contributed by atoms with Gasteiger partial charge in [0.2, 0.25) is 10.0 Å². The van der Waals surface area contributed by atoms with E-state index in [9.17, 15) is 13.2 Å².